The van der Waals surface area contributed by atoms with E-state index in [1.54, 1.807) is 24.3 Å². The lowest BCUT2D eigenvalue weighted by Crippen LogP contribution is -2.34. The van der Waals surface area contributed by atoms with Gasteiger partial charge in [-0.25, -0.2) is 0 Å². The van der Waals surface area contributed by atoms with Gasteiger partial charge in [0, 0.05) is 12.1 Å². The third-order valence-corrected chi connectivity index (χ3v) is 3.09. The molecule has 104 valence electrons. The summed E-state index contributed by atoms with van der Waals surface area (Å²) in [6.45, 7) is 2.06. The van der Waals surface area contributed by atoms with Crippen LogP contribution in [-0.2, 0) is 0 Å². The van der Waals surface area contributed by atoms with Crippen molar-refractivity contribution in [1.29, 1.82) is 0 Å². The van der Waals surface area contributed by atoms with Crippen molar-refractivity contribution in [3.63, 3.8) is 0 Å². The Labute approximate surface area is 118 Å². The van der Waals surface area contributed by atoms with Gasteiger partial charge < -0.3 is 15.7 Å². The first kappa shape index (κ1) is 14.1. The number of anilines is 2. The van der Waals surface area contributed by atoms with Crippen LogP contribution in [0, 0.1) is 6.92 Å². The standard InChI is InChI=1S/C16H18N2O2/c1-12-6-8-13(9-7-12)16(20)18(10-11-19)15-5-3-2-4-14(15)17/h2-9,19H,10-11,17H2,1H3. The van der Waals surface area contributed by atoms with E-state index >= 15 is 0 Å². The Morgan fingerprint density at radius 3 is 2.40 bits per heavy atom. The Hall–Kier alpha value is -2.33. The van der Waals surface area contributed by atoms with E-state index in [1.807, 2.05) is 31.2 Å². The molecular formula is C16H18N2O2. The molecule has 0 radical (unpaired) electrons. The van der Waals surface area contributed by atoms with Crippen LogP contribution < -0.4 is 10.6 Å². The van der Waals surface area contributed by atoms with E-state index in [0.717, 1.165) is 5.56 Å². The normalized spacial score (nSPS) is 10.3. The summed E-state index contributed by atoms with van der Waals surface area (Å²) in [6.07, 6.45) is 0. The zero-order valence-electron chi connectivity index (χ0n) is 11.4. The number of hydrogen-bond donors (Lipinski definition) is 2. The first-order valence-electron chi connectivity index (χ1n) is 6.47. The van der Waals surface area contributed by atoms with E-state index in [-0.39, 0.29) is 19.1 Å². The maximum absolute atomic E-state index is 12.6. The number of nitrogen functional groups attached to an aromatic ring is 1. The Kier molecular flexibility index (Phi) is 4.38. The van der Waals surface area contributed by atoms with E-state index in [0.29, 0.717) is 16.9 Å². The molecule has 4 nitrogen and oxygen atoms in total. The number of nitrogens with zero attached hydrogens (tertiary/aromatic N) is 1. The molecule has 1 amide bonds. The molecule has 0 aromatic heterocycles. The molecule has 0 spiro atoms. The van der Waals surface area contributed by atoms with Crippen LogP contribution in [0.25, 0.3) is 0 Å². The van der Waals surface area contributed by atoms with Crippen molar-refractivity contribution in [3.05, 3.63) is 59.7 Å². The van der Waals surface area contributed by atoms with Crippen LogP contribution in [0.15, 0.2) is 48.5 Å². The fraction of sp³-hybridized carbons (Fsp3) is 0.188. The highest BCUT2D eigenvalue weighted by Gasteiger charge is 2.18. The number of amides is 1. The molecule has 0 aliphatic carbocycles. The van der Waals surface area contributed by atoms with Crippen LogP contribution in [0.4, 0.5) is 11.4 Å². The molecule has 4 heteroatoms. The second-order valence-electron chi connectivity index (χ2n) is 4.61. The monoisotopic (exact) mass is 270 g/mol. The van der Waals surface area contributed by atoms with Gasteiger partial charge in [0.1, 0.15) is 0 Å². The van der Waals surface area contributed by atoms with Crippen molar-refractivity contribution in [2.45, 2.75) is 6.92 Å². The van der Waals surface area contributed by atoms with Gasteiger partial charge in [-0.1, -0.05) is 29.8 Å². The van der Waals surface area contributed by atoms with Gasteiger partial charge >= 0.3 is 0 Å². The maximum atomic E-state index is 12.6. The van der Waals surface area contributed by atoms with Gasteiger partial charge in [-0.15, -0.1) is 0 Å². The molecule has 2 aromatic rings. The zero-order valence-corrected chi connectivity index (χ0v) is 11.4. The Morgan fingerprint density at radius 1 is 1.15 bits per heavy atom. The second-order valence-corrected chi connectivity index (χ2v) is 4.61. The largest absolute Gasteiger partial charge is 0.397 e. The van der Waals surface area contributed by atoms with Crippen LogP contribution in [0.1, 0.15) is 15.9 Å². The van der Waals surface area contributed by atoms with Crippen molar-refractivity contribution in [2.75, 3.05) is 23.8 Å². The van der Waals surface area contributed by atoms with Gasteiger partial charge in [0.15, 0.2) is 0 Å². The average molecular weight is 270 g/mol. The van der Waals surface area contributed by atoms with Gasteiger partial charge in [-0.2, -0.15) is 0 Å². The minimum atomic E-state index is -0.169. The quantitative estimate of drug-likeness (QED) is 0.837. The summed E-state index contributed by atoms with van der Waals surface area (Å²) in [5.41, 5.74) is 8.72. The molecular weight excluding hydrogens is 252 g/mol. The molecule has 0 aliphatic heterocycles. The lowest BCUT2D eigenvalue weighted by Gasteiger charge is -2.23. The van der Waals surface area contributed by atoms with Gasteiger partial charge in [-0.05, 0) is 31.2 Å². The summed E-state index contributed by atoms with van der Waals surface area (Å²) in [5, 5.41) is 9.19. The second kappa shape index (κ2) is 6.21. The van der Waals surface area contributed by atoms with Gasteiger partial charge in [0.05, 0.1) is 18.0 Å². The number of nitrogens with two attached hydrogens (primary N) is 1. The fourth-order valence-corrected chi connectivity index (χ4v) is 2.02. The highest BCUT2D eigenvalue weighted by atomic mass is 16.3. The van der Waals surface area contributed by atoms with Gasteiger partial charge in [-0.3, -0.25) is 4.79 Å². The molecule has 0 saturated heterocycles. The number of aliphatic hydroxyl groups excluding tert-OH is 1. The third kappa shape index (κ3) is 2.97. The fourth-order valence-electron chi connectivity index (χ4n) is 2.02. The first-order chi connectivity index (χ1) is 9.63. The Balaban J connectivity index is 2.36. The highest BCUT2D eigenvalue weighted by molar-refractivity contribution is 6.07. The molecule has 0 atom stereocenters. The molecule has 0 unspecified atom stereocenters. The third-order valence-electron chi connectivity index (χ3n) is 3.09. The summed E-state index contributed by atoms with van der Waals surface area (Å²) in [7, 11) is 0. The van der Waals surface area contributed by atoms with Crippen LogP contribution in [0.3, 0.4) is 0 Å². The number of rotatable bonds is 4. The molecule has 20 heavy (non-hydrogen) atoms. The number of hydrogen-bond acceptors (Lipinski definition) is 3. The minimum Gasteiger partial charge on any atom is -0.397 e. The van der Waals surface area contributed by atoms with Crippen LogP contribution >= 0.6 is 0 Å². The number of carbonyl (C=O) groups excluding carboxylic acids is 1. The smallest absolute Gasteiger partial charge is 0.258 e. The number of aliphatic hydroxyl groups is 1. The van der Waals surface area contributed by atoms with E-state index in [9.17, 15) is 9.90 Å². The first-order valence-corrected chi connectivity index (χ1v) is 6.47. The number of para-hydroxylation sites is 2. The molecule has 3 N–H and O–H groups in total. The summed E-state index contributed by atoms with van der Waals surface area (Å²) >= 11 is 0. The molecule has 0 fully saturated rings. The lowest BCUT2D eigenvalue weighted by atomic mass is 10.1. The predicted octanol–water partition coefficient (Wildman–Crippen LogP) is 2.22. The van der Waals surface area contributed by atoms with Crippen molar-refractivity contribution in [3.8, 4) is 0 Å². The van der Waals surface area contributed by atoms with Crippen molar-refractivity contribution < 1.29 is 9.90 Å². The summed E-state index contributed by atoms with van der Waals surface area (Å²) in [5.74, 6) is -0.169. The van der Waals surface area contributed by atoms with Crippen molar-refractivity contribution in [2.24, 2.45) is 0 Å². The van der Waals surface area contributed by atoms with Crippen molar-refractivity contribution >= 4 is 17.3 Å². The molecule has 0 heterocycles. The predicted molar refractivity (Wildman–Crippen MR) is 80.8 cm³/mol. The molecule has 0 aliphatic rings. The van der Waals surface area contributed by atoms with E-state index in [2.05, 4.69) is 0 Å². The zero-order chi connectivity index (χ0) is 14.5. The SMILES string of the molecule is Cc1ccc(C(=O)N(CCO)c2ccccc2N)cc1. The minimum absolute atomic E-state index is 0.119. The van der Waals surface area contributed by atoms with E-state index < -0.39 is 0 Å². The summed E-state index contributed by atoms with van der Waals surface area (Å²) < 4.78 is 0. The van der Waals surface area contributed by atoms with Crippen LogP contribution in [0.5, 0.6) is 0 Å². The molecule has 2 rings (SSSR count). The van der Waals surface area contributed by atoms with E-state index in [1.165, 1.54) is 4.90 Å². The van der Waals surface area contributed by atoms with E-state index in [4.69, 9.17) is 5.73 Å². The van der Waals surface area contributed by atoms with Crippen molar-refractivity contribution in [1.82, 2.24) is 0 Å². The lowest BCUT2D eigenvalue weighted by molar-refractivity contribution is 0.0981. The molecule has 2 aromatic carbocycles. The van der Waals surface area contributed by atoms with Crippen LogP contribution in [0.2, 0.25) is 0 Å². The average Bonchev–Trinajstić information content (AvgIpc) is 2.46. The van der Waals surface area contributed by atoms with Gasteiger partial charge in [0.25, 0.3) is 5.91 Å². The summed E-state index contributed by atoms with van der Waals surface area (Å²) in [4.78, 5) is 14.1. The molecule has 0 bridgehead atoms. The Bertz CT molecular complexity index is 594. The Morgan fingerprint density at radius 2 is 1.80 bits per heavy atom. The summed E-state index contributed by atoms with van der Waals surface area (Å²) in [6, 6.07) is 14.5. The topological polar surface area (TPSA) is 66.6 Å². The van der Waals surface area contributed by atoms with Gasteiger partial charge in [0.2, 0.25) is 0 Å². The maximum Gasteiger partial charge on any atom is 0.258 e. The van der Waals surface area contributed by atoms with Crippen LogP contribution in [-0.4, -0.2) is 24.2 Å². The highest BCUT2D eigenvalue weighted by Crippen LogP contribution is 2.24. The number of aryl methyl sites for hydroxylation is 1. The number of benzene rings is 2. The molecule has 0 saturated carbocycles. The number of carbonyl (C=O) groups is 1.